The number of carbonyl (C=O) groups excluding carboxylic acids is 1. The number of hydrogen-bond acceptors (Lipinski definition) is 4. The summed E-state index contributed by atoms with van der Waals surface area (Å²) < 4.78 is 65.6. The summed E-state index contributed by atoms with van der Waals surface area (Å²) in [6.07, 6.45) is -3.57. The predicted octanol–water partition coefficient (Wildman–Crippen LogP) is 2.07. The van der Waals surface area contributed by atoms with E-state index in [1.807, 2.05) is 0 Å². The van der Waals surface area contributed by atoms with E-state index in [2.05, 4.69) is 20.9 Å². The van der Waals surface area contributed by atoms with Gasteiger partial charge in [0.1, 0.15) is 0 Å². The average molecular weight is 389 g/mol. The fourth-order valence-corrected chi connectivity index (χ4v) is 2.76. The number of alkyl halides is 5. The van der Waals surface area contributed by atoms with Crippen molar-refractivity contribution in [3.63, 3.8) is 0 Å². The van der Waals surface area contributed by atoms with Crippen molar-refractivity contribution < 1.29 is 26.7 Å². The van der Waals surface area contributed by atoms with Crippen LogP contribution in [0.5, 0.6) is 0 Å². The fourth-order valence-electron chi connectivity index (χ4n) is 2.76. The number of aromatic nitrogens is 3. The van der Waals surface area contributed by atoms with Crippen molar-refractivity contribution in [3.05, 3.63) is 47.3 Å². The van der Waals surface area contributed by atoms with Gasteiger partial charge >= 0.3 is 6.18 Å². The molecular weight excluding hydrogens is 373 g/mol. The highest BCUT2D eigenvalue weighted by Crippen LogP contribution is 2.29. The second-order valence-corrected chi connectivity index (χ2v) is 6.36. The number of amides is 1. The highest BCUT2D eigenvalue weighted by Gasteiger charge is 2.37. The molecule has 1 atom stereocenters. The maximum Gasteiger partial charge on any atom is 0.416 e. The molecule has 6 nitrogen and oxygen atoms in total. The minimum atomic E-state index is -4.41. The van der Waals surface area contributed by atoms with Crippen molar-refractivity contribution >= 4 is 5.91 Å². The summed E-state index contributed by atoms with van der Waals surface area (Å²) >= 11 is 0. The first-order valence-electron chi connectivity index (χ1n) is 8.08. The van der Waals surface area contributed by atoms with Crippen LogP contribution in [0.4, 0.5) is 22.0 Å². The molecule has 1 unspecified atom stereocenters. The summed E-state index contributed by atoms with van der Waals surface area (Å²) in [5.41, 5.74) is -0.283. The Morgan fingerprint density at radius 3 is 2.63 bits per heavy atom. The van der Waals surface area contributed by atoms with Gasteiger partial charge in [-0.25, -0.2) is 13.5 Å². The molecule has 0 spiro atoms. The van der Waals surface area contributed by atoms with E-state index in [4.69, 9.17) is 0 Å². The molecule has 2 aromatic rings. The van der Waals surface area contributed by atoms with Gasteiger partial charge in [0.15, 0.2) is 5.69 Å². The number of nitrogens with zero attached hydrogens (tertiary/aromatic N) is 3. The molecule has 3 rings (SSSR count). The monoisotopic (exact) mass is 389 g/mol. The molecule has 146 valence electrons. The first-order chi connectivity index (χ1) is 12.6. The van der Waals surface area contributed by atoms with E-state index in [0.717, 1.165) is 12.1 Å². The Morgan fingerprint density at radius 2 is 2.00 bits per heavy atom. The van der Waals surface area contributed by atoms with E-state index in [0.29, 0.717) is 5.56 Å². The zero-order valence-corrected chi connectivity index (χ0v) is 13.9. The summed E-state index contributed by atoms with van der Waals surface area (Å²) in [5.74, 6) is -3.53. The summed E-state index contributed by atoms with van der Waals surface area (Å²) in [7, 11) is 0. The zero-order chi connectivity index (χ0) is 19.7. The number of nitrogens with one attached hydrogen (secondary N) is 2. The molecule has 1 aromatic carbocycles. The molecule has 1 fully saturated rings. The molecule has 2 heterocycles. The quantitative estimate of drug-likeness (QED) is 0.786. The lowest BCUT2D eigenvalue weighted by Gasteiger charge is -2.29. The second kappa shape index (κ2) is 7.22. The number of rotatable bonds is 4. The van der Waals surface area contributed by atoms with Crippen molar-refractivity contribution in [1.29, 1.82) is 0 Å². The highest BCUT2D eigenvalue weighted by molar-refractivity contribution is 5.92. The third-order valence-corrected chi connectivity index (χ3v) is 4.05. The van der Waals surface area contributed by atoms with Crippen LogP contribution in [0, 0.1) is 0 Å². The molecule has 0 saturated carbocycles. The molecule has 1 aromatic heterocycles. The van der Waals surface area contributed by atoms with Crippen LogP contribution in [-0.4, -0.2) is 46.0 Å². The Kier molecular flexibility index (Phi) is 5.13. The normalized spacial score (nSPS) is 19.7. The van der Waals surface area contributed by atoms with Crippen LogP contribution in [0.15, 0.2) is 30.5 Å². The van der Waals surface area contributed by atoms with E-state index in [1.165, 1.54) is 23.0 Å². The highest BCUT2D eigenvalue weighted by atomic mass is 19.4. The zero-order valence-electron chi connectivity index (χ0n) is 13.9. The summed E-state index contributed by atoms with van der Waals surface area (Å²) in [6.45, 7) is -0.0921. The maximum atomic E-state index is 13.3. The first-order valence-corrected chi connectivity index (χ1v) is 8.08. The van der Waals surface area contributed by atoms with Gasteiger partial charge in [0, 0.05) is 19.0 Å². The number of hydrogen-bond donors (Lipinski definition) is 2. The summed E-state index contributed by atoms with van der Waals surface area (Å²) in [5, 5.41) is 12.4. The SMILES string of the molecule is O=C(NC1CNCC(F)(F)C1)c1cn(Cc2ccc(C(F)(F)F)cc2)nn1. The molecule has 27 heavy (non-hydrogen) atoms. The van der Waals surface area contributed by atoms with E-state index < -0.39 is 42.6 Å². The molecule has 1 amide bonds. The van der Waals surface area contributed by atoms with Gasteiger partial charge in [0.05, 0.1) is 24.8 Å². The summed E-state index contributed by atoms with van der Waals surface area (Å²) in [4.78, 5) is 12.1. The smallest absolute Gasteiger partial charge is 0.346 e. The van der Waals surface area contributed by atoms with Crippen LogP contribution < -0.4 is 10.6 Å². The maximum absolute atomic E-state index is 13.3. The third kappa shape index (κ3) is 5.00. The Bertz CT molecular complexity index is 802. The first kappa shape index (κ1) is 19.2. The number of halogens is 5. The topological polar surface area (TPSA) is 71.8 Å². The Labute approximate surface area is 150 Å². The van der Waals surface area contributed by atoms with Crippen molar-refractivity contribution in [3.8, 4) is 0 Å². The van der Waals surface area contributed by atoms with Gasteiger partial charge in [-0.2, -0.15) is 13.2 Å². The molecule has 0 radical (unpaired) electrons. The van der Waals surface area contributed by atoms with Gasteiger partial charge in [0.25, 0.3) is 11.8 Å². The molecule has 1 aliphatic heterocycles. The lowest BCUT2D eigenvalue weighted by atomic mass is 10.0. The molecule has 11 heteroatoms. The van der Waals surface area contributed by atoms with Crippen LogP contribution in [0.3, 0.4) is 0 Å². The van der Waals surface area contributed by atoms with Gasteiger partial charge < -0.3 is 10.6 Å². The molecule has 1 saturated heterocycles. The largest absolute Gasteiger partial charge is 0.416 e. The summed E-state index contributed by atoms with van der Waals surface area (Å²) in [6, 6.07) is 3.79. The minimum Gasteiger partial charge on any atom is -0.346 e. The number of piperidine rings is 1. The van der Waals surface area contributed by atoms with Crippen molar-refractivity contribution in [2.45, 2.75) is 31.1 Å². The average Bonchev–Trinajstić information content (AvgIpc) is 3.02. The minimum absolute atomic E-state index is 0.0594. The second-order valence-electron chi connectivity index (χ2n) is 6.36. The Morgan fingerprint density at radius 1 is 1.30 bits per heavy atom. The Balaban J connectivity index is 1.60. The van der Waals surface area contributed by atoms with Gasteiger partial charge in [-0.3, -0.25) is 4.79 Å². The predicted molar refractivity (Wildman–Crippen MR) is 84.3 cm³/mol. The number of carbonyl (C=O) groups is 1. The van der Waals surface area contributed by atoms with E-state index in [1.54, 1.807) is 0 Å². The van der Waals surface area contributed by atoms with Crippen LogP contribution >= 0.6 is 0 Å². The third-order valence-electron chi connectivity index (χ3n) is 4.05. The lowest BCUT2D eigenvalue weighted by molar-refractivity contribution is -0.137. The van der Waals surface area contributed by atoms with E-state index >= 15 is 0 Å². The van der Waals surface area contributed by atoms with Gasteiger partial charge in [0.2, 0.25) is 0 Å². The molecule has 1 aliphatic rings. The van der Waals surface area contributed by atoms with Crippen molar-refractivity contribution in [2.24, 2.45) is 0 Å². The Hall–Kier alpha value is -2.56. The van der Waals surface area contributed by atoms with Crippen LogP contribution in [-0.2, 0) is 12.7 Å². The fraction of sp³-hybridized carbons (Fsp3) is 0.438. The van der Waals surface area contributed by atoms with Crippen molar-refractivity contribution in [2.75, 3.05) is 13.1 Å². The van der Waals surface area contributed by atoms with Crippen LogP contribution in [0.25, 0.3) is 0 Å². The van der Waals surface area contributed by atoms with E-state index in [9.17, 15) is 26.7 Å². The lowest BCUT2D eigenvalue weighted by Crippen LogP contribution is -2.53. The number of benzene rings is 1. The molecule has 0 bridgehead atoms. The van der Waals surface area contributed by atoms with Gasteiger partial charge in [-0.05, 0) is 17.7 Å². The molecule has 0 aliphatic carbocycles. The standard InChI is InChI=1S/C16H16F5N5O/c17-15(18)5-12(6-22-9-15)23-14(27)13-8-26(25-24-13)7-10-1-3-11(4-2-10)16(19,20)21/h1-4,8,12,22H,5-7,9H2,(H,23,27). The van der Waals surface area contributed by atoms with E-state index in [-0.39, 0.29) is 18.8 Å². The van der Waals surface area contributed by atoms with Crippen LogP contribution in [0.2, 0.25) is 0 Å². The van der Waals surface area contributed by atoms with Crippen LogP contribution in [0.1, 0.15) is 28.0 Å². The van der Waals surface area contributed by atoms with Gasteiger partial charge in [-0.15, -0.1) is 5.10 Å². The van der Waals surface area contributed by atoms with Crippen molar-refractivity contribution in [1.82, 2.24) is 25.6 Å². The molecule has 2 N–H and O–H groups in total. The molecular formula is C16H16F5N5O. The van der Waals surface area contributed by atoms with Gasteiger partial charge in [-0.1, -0.05) is 17.3 Å².